The summed E-state index contributed by atoms with van der Waals surface area (Å²) in [6.07, 6.45) is 0.726. The van der Waals surface area contributed by atoms with Crippen LogP contribution in [-0.2, 0) is 19.6 Å². The Labute approximate surface area is 128 Å². The summed E-state index contributed by atoms with van der Waals surface area (Å²) in [7, 11) is -2.92. The summed E-state index contributed by atoms with van der Waals surface area (Å²) in [6.45, 7) is 1.84. The Balaban J connectivity index is 2.55. The number of carboxylic acid groups (broad SMARTS) is 1. The molecule has 0 spiro atoms. The molecule has 2 rings (SSSR count). The van der Waals surface area contributed by atoms with Crippen LogP contribution in [0.3, 0.4) is 0 Å². The fourth-order valence-corrected chi connectivity index (χ4v) is 4.35. The van der Waals surface area contributed by atoms with Crippen molar-refractivity contribution in [3.05, 3.63) is 29.3 Å². The van der Waals surface area contributed by atoms with Gasteiger partial charge in [-0.2, -0.15) is 4.31 Å². The van der Waals surface area contributed by atoms with Crippen molar-refractivity contribution in [2.45, 2.75) is 30.7 Å². The first-order valence-corrected chi connectivity index (χ1v) is 8.16. The van der Waals surface area contributed by atoms with Crippen LogP contribution in [0.1, 0.15) is 28.8 Å². The SMILES string of the molecule is COC(=O)c1cc(C)ccc1S(=O)(=O)N1CCC[C@@H]1C(=O)O. The zero-order chi connectivity index (χ0) is 16.5. The molecule has 0 unspecified atom stereocenters. The molecule has 7 nitrogen and oxygen atoms in total. The van der Waals surface area contributed by atoms with Gasteiger partial charge in [0.1, 0.15) is 6.04 Å². The van der Waals surface area contributed by atoms with E-state index in [1.807, 2.05) is 0 Å². The summed E-state index contributed by atoms with van der Waals surface area (Å²) in [4.78, 5) is 22.8. The molecule has 1 aliphatic rings. The molecular weight excluding hydrogens is 310 g/mol. The average Bonchev–Trinajstić information content (AvgIpc) is 2.96. The smallest absolute Gasteiger partial charge is 0.339 e. The van der Waals surface area contributed by atoms with Crippen LogP contribution in [0.5, 0.6) is 0 Å². The zero-order valence-electron chi connectivity index (χ0n) is 12.3. The number of esters is 1. The van der Waals surface area contributed by atoms with Gasteiger partial charge in [0, 0.05) is 6.54 Å². The number of ether oxygens (including phenoxy) is 1. The minimum absolute atomic E-state index is 0.0847. The summed E-state index contributed by atoms with van der Waals surface area (Å²) in [5.74, 6) is -1.96. The van der Waals surface area contributed by atoms with E-state index in [-0.39, 0.29) is 23.4 Å². The number of benzene rings is 1. The number of methoxy groups -OCH3 is 1. The van der Waals surface area contributed by atoms with Crippen molar-refractivity contribution in [1.82, 2.24) is 4.31 Å². The molecule has 1 N–H and O–H groups in total. The molecule has 1 saturated heterocycles. The molecule has 120 valence electrons. The van der Waals surface area contributed by atoms with Crippen molar-refractivity contribution < 1.29 is 27.9 Å². The summed E-state index contributed by atoms with van der Waals surface area (Å²) in [6, 6.07) is 3.20. The number of hydrogen-bond acceptors (Lipinski definition) is 5. The third-order valence-corrected chi connectivity index (χ3v) is 5.58. The summed E-state index contributed by atoms with van der Waals surface area (Å²) >= 11 is 0. The van der Waals surface area contributed by atoms with Crippen molar-refractivity contribution in [3.63, 3.8) is 0 Å². The number of carbonyl (C=O) groups excluding carboxylic acids is 1. The van der Waals surface area contributed by atoms with Gasteiger partial charge in [-0.3, -0.25) is 4.79 Å². The topological polar surface area (TPSA) is 101 Å². The number of hydrogen-bond donors (Lipinski definition) is 1. The number of rotatable bonds is 4. The quantitative estimate of drug-likeness (QED) is 0.829. The van der Waals surface area contributed by atoms with E-state index in [4.69, 9.17) is 5.11 Å². The van der Waals surface area contributed by atoms with E-state index in [0.29, 0.717) is 12.0 Å². The van der Waals surface area contributed by atoms with Gasteiger partial charge < -0.3 is 9.84 Å². The van der Waals surface area contributed by atoms with E-state index < -0.39 is 28.0 Å². The molecule has 1 fully saturated rings. The van der Waals surface area contributed by atoms with Crippen LogP contribution in [0.15, 0.2) is 23.1 Å². The first-order chi connectivity index (χ1) is 10.3. The van der Waals surface area contributed by atoms with Crippen LogP contribution < -0.4 is 0 Å². The van der Waals surface area contributed by atoms with Crippen LogP contribution in [0.25, 0.3) is 0 Å². The number of carboxylic acids is 1. The predicted octanol–water partition coefficient (Wildman–Crippen LogP) is 1.02. The zero-order valence-corrected chi connectivity index (χ0v) is 13.1. The second-order valence-corrected chi connectivity index (χ2v) is 6.96. The number of aryl methyl sites for hydroxylation is 1. The molecule has 1 heterocycles. The van der Waals surface area contributed by atoms with Gasteiger partial charge in [0.25, 0.3) is 0 Å². The predicted molar refractivity (Wildman–Crippen MR) is 77.1 cm³/mol. The third kappa shape index (κ3) is 2.84. The molecule has 0 amide bonds. The molecule has 0 aliphatic carbocycles. The number of sulfonamides is 1. The Morgan fingerprint density at radius 3 is 2.64 bits per heavy atom. The number of carbonyl (C=O) groups is 2. The van der Waals surface area contributed by atoms with E-state index >= 15 is 0 Å². The number of nitrogens with zero attached hydrogens (tertiary/aromatic N) is 1. The van der Waals surface area contributed by atoms with Crippen LogP contribution in [-0.4, -0.2) is 49.5 Å². The Morgan fingerprint density at radius 2 is 2.05 bits per heavy atom. The highest BCUT2D eigenvalue weighted by atomic mass is 32.2. The van der Waals surface area contributed by atoms with Crippen molar-refractivity contribution in [1.29, 1.82) is 0 Å². The minimum atomic E-state index is -4.08. The van der Waals surface area contributed by atoms with Crippen molar-refractivity contribution in [2.75, 3.05) is 13.7 Å². The van der Waals surface area contributed by atoms with Crippen LogP contribution in [0.4, 0.5) is 0 Å². The Morgan fingerprint density at radius 1 is 1.36 bits per heavy atom. The van der Waals surface area contributed by atoms with E-state index in [2.05, 4.69) is 4.74 Å². The molecular formula is C14H17NO6S. The summed E-state index contributed by atoms with van der Waals surface area (Å²) in [5, 5.41) is 9.16. The Bertz CT molecular complexity index is 712. The highest BCUT2D eigenvalue weighted by Crippen LogP contribution is 2.29. The van der Waals surface area contributed by atoms with Gasteiger partial charge in [0.2, 0.25) is 10.0 Å². The molecule has 0 aromatic heterocycles. The van der Waals surface area contributed by atoms with Gasteiger partial charge in [0.05, 0.1) is 17.6 Å². The number of aliphatic carboxylic acids is 1. The van der Waals surface area contributed by atoms with Gasteiger partial charge in [0.15, 0.2) is 0 Å². The second-order valence-electron chi connectivity index (χ2n) is 5.10. The van der Waals surface area contributed by atoms with E-state index in [0.717, 1.165) is 11.4 Å². The largest absolute Gasteiger partial charge is 0.480 e. The molecule has 0 radical (unpaired) electrons. The lowest BCUT2D eigenvalue weighted by atomic mass is 10.1. The lowest BCUT2D eigenvalue weighted by molar-refractivity contribution is -0.140. The summed E-state index contributed by atoms with van der Waals surface area (Å²) in [5.41, 5.74) is 0.620. The van der Waals surface area contributed by atoms with Crippen molar-refractivity contribution >= 4 is 22.0 Å². The molecule has 1 aliphatic heterocycles. The van der Waals surface area contributed by atoms with E-state index in [1.54, 1.807) is 13.0 Å². The van der Waals surface area contributed by atoms with Crippen molar-refractivity contribution in [2.24, 2.45) is 0 Å². The van der Waals surface area contributed by atoms with Gasteiger partial charge >= 0.3 is 11.9 Å². The van der Waals surface area contributed by atoms with E-state index in [1.165, 1.54) is 12.1 Å². The van der Waals surface area contributed by atoms with Crippen LogP contribution >= 0.6 is 0 Å². The van der Waals surface area contributed by atoms with Crippen LogP contribution in [0, 0.1) is 6.92 Å². The molecule has 22 heavy (non-hydrogen) atoms. The lowest BCUT2D eigenvalue weighted by Gasteiger charge is -2.22. The maximum atomic E-state index is 12.8. The fraction of sp³-hybridized carbons (Fsp3) is 0.429. The fourth-order valence-electron chi connectivity index (χ4n) is 2.54. The lowest BCUT2D eigenvalue weighted by Crippen LogP contribution is -2.40. The maximum absolute atomic E-state index is 12.8. The monoisotopic (exact) mass is 327 g/mol. The molecule has 0 bridgehead atoms. The molecule has 1 atom stereocenters. The van der Waals surface area contributed by atoms with E-state index in [9.17, 15) is 18.0 Å². The van der Waals surface area contributed by atoms with Crippen LogP contribution in [0.2, 0.25) is 0 Å². The van der Waals surface area contributed by atoms with Crippen molar-refractivity contribution in [3.8, 4) is 0 Å². The molecule has 8 heteroatoms. The van der Waals surface area contributed by atoms with Gasteiger partial charge in [-0.1, -0.05) is 11.6 Å². The molecule has 1 aromatic carbocycles. The van der Waals surface area contributed by atoms with Gasteiger partial charge in [-0.15, -0.1) is 0 Å². The Kier molecular flexibility index (Phi) is 4.52. The van der Waals surface area contributed by atoms with Gasteiger partial charge in [-0.25, -0.2) is 13.2 Å². The average molecular weight is 327 g/mol. The molecule has 0 saturated carbocycles. The first-order valence-electron chi connectivity index (χ1n) is 6.72. The first kappa shape index (κ1) is 16.4. The normalized spacial score (nSPS) is 19.1. The standard InChI is InChI=1S/C14H17NO6S/c1-9-5-6-12(10(8-9)14(18)21-2)22(19,20)15-7-3-4-11(15)13(16)17/h5-6,8,11H,3-4,7H2,1-2H3,(H,16,17)/t11-/m1/s1. The summed E-state index contributed by atoms with van der Waals surface area (Å²) < 4.78 is 31.1. The Hall–Kier alpha value is -1.93. The maximum Gasteiger partial charge on any atom is 0.339 e. The highest BCUT2D eigenvalue weighted by molar-refractivity contribution is 7.89. The molecule has 1 aromatic rings. The highest BCUT2D eigenvalue weighted by Gasteiger charge is 2.40. The minimum Gasteiger partial charge on any atom is -0.480 e. The van der Waals surface area contributed by atoms with Gasteiger partial charge in [-0.05, 0) is 31.9 Å². The third-order valence-electron chi connectivity index (χ3n) is 3.62. The second kappa shape index (κ2) is 6.05.